The summed E-state index contributed by atoms with van der Waals surface area (Å²) in [4.78, 5) is 24.3. The number of hydrogen-bond donors (Lipinski definition) is 2. The summed E-state index contributed by atoms with van der Waals surface area (Å²) in [5, 5.41) is 23.4. The van der Waals surface area contributed by atoms with Crippen molar-refractivity contribution in [2.24, 2.45) is 64.1 Å². The van der Waals surface area contributed by atoms with Crippen LogP contribution in [0.5, 0.6) is 0 Å². The molecule has 0 aromatic heterocycles. The molecular weight excluding hydrogens is 544 g/mol. The van der Waals surface area contributed by atoms with Crippen molar-refractivity contribution in [3.05, 3.63) is 0 Å². The van der Waals surface area contributed by atoms with Crippen LogP contribution in [0.4, 0.5) is 0 Å². The molecule has 0 radical (unpaired) electrons. The smallest absolute Gasteiger partial charge is 0.307 e. The van der Waals surface area contributed by atoms with Crippen molar-refractivity contribution in [2.45, 2.75) is 141 Å². The molecule has 8 aliphatic carbocycles. The minimum atomic E-state index is -0.401. The Balaban J connectivity index is 0.912. The molecule has 7 heteroatoms. The van der Waals surface area contributed by atoms with Gasteiger partial charge in [0.1, 0.15) is 6.10 Å². The molecule has 8 fully saturated rings. The maximum atomic E-state index is 12.7. The lowest BCUT2D eigenvalue weighted by Gasteiger charge is -2.63. The number of ether oxygens (including phenoxy) is 3. The van der Waals surface area contributed by atoms with Crippen LogP contribution in [0, 0.1) is 64.1 Å². The third-order valence-electron chi connectivity index (χ3n) is 14.8. The van der Waals surface area contributed by atoms with Gasteiger partial charge < -0.3 is 24.4 Å². The van der Waals surface area contributed by atoms with Crippen LogP contribution in [-0.4, -0.2) is 53.4 Å². The van der Waals surface area contributed by atoms with Crippen LogP contribution in [0.2, 0.25) is 0 Å². The molecular formula is C36H56O7. The van der Waals surface area contributed by atoms with Crippen LogP contribution in [0.15, 0.2) is 0 Å². The SMILES string of the molecule is CC(=O)O[C@@H]1CC[C@@]2(C)C(C1)C[C@@H](O)C1C2C[C@H](O)[C@]2(C)C(CCCC(=O)OCOC3C4CC5CC(C4)CC3C5)CCC12. The average molecular weight is 601 g/mol. The van der Waals surface area contributed by atoms with E-state index in [1.807, 2.05) is 0 Å². The lowest BCUT2D eigenvalue weighted by molar-refractivity contribution is -0.207. The van der Waals surface area contributed by atoms with Crippen molar-refractivity contribution in [2.75, 3.05) is 6.79 Å². The summed E-state index contributed by atoms with van der Waals surface area (Å²) >= 11 is 0. The van der Waals surface area contributed by atoms with Gasteiger partial charge in [0.15, 0.2) is 6.79 Å². The van der Waals surface area contributed by atoms with E-state index in [-0.39, 0.29) is 59.7 Å². The highest BCUT2D eigenvalue weighted by Gasteiger charge is 2.65. The number of fused-ring (bicyclic) bond motifs is 5. The Bertz CT molecular complexity index is 1030. The van der Waals surface area contributed by atoms with Gasteiger partial charge in [0, 0.05) is 13.3 Å². The quantitative estimate of drug-likeness (QED) is 0.259. The Hall–Kier alpha value is -1.18. The van der Waals surface area contributed by atoms with E-state index in [1.54, 1.807) is 0 Å². The van der Waals surface area contributed by atoms with Crippen molar-refractivity contribution in [1.82, 2.24) is 0 Å². The zero-order chi connectivity index (χ0) is 30.1. The Morgan fingerprint density at radius 3 is 2.28 bits per heavy atom. The van der Waals surface area contributed by atoms with Crippen molar-refractivity contribution in [3.63, 3.8) is 0 Å². The summed E-state index contributed by atoms with van der Waals surface area (Å²) < 4.78 is 17.3. The summed E-state index contributed by atoms with van der Waals surface area (Å²) in [7, 11) is 0. The highest BCUT2D eigenvalue weighted by atomic mass is 16.7. The second-order valence-electron chi connectivity index (χ2n) is 16.8. The van der Waals surface area contributed by atoms with Crippen LogP contribution in [-0.2, 0) is 23.8 Å². The minimum Gasteiger partial charge on any atom is -0.463 e. The molecule has 0 spiro atoms. The van der Waals surface area contributed by atoms with E-state index in [4.69, 9.17) is 14.2 Å². The van der Waals surface area contributed by atoms with Crippen molar-refractivity contribution >= 4 is 11.9 Å². The molecule has 2 N–H and O–H groups in total. The molecule has 43 heavy (non-hydrogen) atoms. The topological polar surface area (TPSA) is 102 Å². The molecule has 0 aliphatic heterocycles. The number of aliphatic hydroxyl groups excluding tert-OH is 2. The minimum absolute atomic E-state index is 0.0513. The van der Waals surface area contributed by atoms with Gasteiger partial charge in [0.2, 0.25) is 0 Å². The molecule has 0 amide bonds. The second kappa shape index (κ2) is 11.6. The monoisotopic (exact) mass is 600 g/mol. The van der Waals surface area contributed by atoms with Gasteiger partial charge in [-0.15, -0.1) is 0 Å². The first-order valence-electron chi connectivity index (χ1n) is 17.9. The molecule has 242 valence electrons. The van der Waals surface area contributed by atoms with E-state index in [2.05, 4.69) is 13.8 Å². The van der Waals surface area contributed by atoms with Gasteiger partial charge in [-0.25, -0.2) is 0 Å². The van der Waals surface area contributed by atoms with Crippen LogP contribution in [0.1, 0.15) is 117 Å². The third-order valence-corrected chi connectivity index (χ3v) is 14.8. The van der Waals surface area contributed by atoms with Crippen molar-refractivity contribution in [3.8, 4) is 0 Å². The Morgan fingerprint density at radius 1 is 0.860 bits per heavy atom. The van der Waals surface area contributed by atoms with E-state index < -0.39 is 6.10 Å². The van der Waals surface area contributed by atoms with Gasteiger partial charge in [-0.1, -0.05) is 13.8 Å². The largest absolute Gasteiger partial charge is 0.463 e. The molecule has 10 atom stereocenters. The molecule has 4 bridgehead atoms. The summed E-state index contributed by atoms with van der Waals surface area (Å²) in [5.74, 6) is 4.22. The molecule has 8 rings (SSSR count). The molecule has 5 unspecified atom stereocenters. The lowest BCUT2D eigenvalue weighted by atomic mass is 9.43. The lowest BCUT2D eigenvalue weighted by Crippen LogP contribution is -2.62. The van der Waals surface area contributed by atoms with Crippen molar-refractivity contribution < 1.29 is 34.0 Å². The maximum absolute atomic E-state index is 12.7. The molecule has 0 heterocycles. The molecule has 8 saturated carbocycles. The average Bonchev–Trinajstić information content (AvgIpc) is 3.28. The van der Waals surface area contributed by atoms with Gasteiger partial charge in [-0.05, 0) is 154 Å². The molecule has 0 aromatic carbocycles. The Morgan fingerprint density at radius 2 is 1.58 bits per heavy atom. The van der Waals surface area contributed by atoms with Crippen LogP contribution in [0.25, 0.3) is 0 Å². The number of aliphatic hydroxyl groups is 2. The third kappa shape index (κ3) is 5.29. The number of rotatable bonds is 8. The Kier molecular flexibility index (Phi) is 8.19. The standard InChI is InChI=1S/C36H56O7/c1-20(37)43-27-9-10-35(2)26(16-27)17-30(38)33-28-8-7-25(36(28,3)31(39)18-29(33)35)5-4-6-32(40)41-19-42-34-23-12-21-11-22(14-23)15-24(34)13-21/h21-31,33-34,38-39H,4-19H2,1-3H3/t21?,22?,23?,24?,25?,26?,27-,28?,29?,30-,31+,33?,34?,35+,36-/m1/s1. The fourth-order valence-electron chi connectivity index (χ4n) is 13.0. The second-order valence-corrected chi connectivity index (χ2v) is 16.8. The van der Waals surface area contributed by atoms with Crippen LogP contribution in [0.3, 0.4) is 0 Å². The van der Waals surface area contributed by atoms with Gasteiger partial charge in [0.25, 0.3) is 0 Å². The molecule has 7 nitrogen and oxygen atoms in total. The molecule has 0 saturated heterocycles. The fourth-order valence-corrected chi connectivity index (χ4v) is 13.0. The van der Waals surface area contributed by atoms with E-state index in [0.29, 0.717) is 36.0 Å². The predicted octanol–water partition coefficient (Wildman–Crippen LogP) is 6.03. The van der Waals surface area contributed by atoms with Gasteiger partial charge in [0.05, 0.1) is 18.3 Å². The van der Waals surface area contributed by atoms with E-state index >= 15 is 0 Å². The first-order chi connectivity index (χ1) is 20.6. The fraction of sp³-hybridized carbons (Fsp3) is 0.944. The van der Waals surface area contributed by atoms with Gasteiger partial charge >= 0.3 is 11.9 Å². The normalized spacial score (nSPS) is 51.3. The van der Waals surface area contributed by atoms with Crippen molar-refractivity contribution in [1.29, 1.82) is 0 Å². The number of hydrogen-bond acceptors (Lipinski definition) is 7. The van der Waals surface area contributed by atoms with Gasteiger partial charge in [-0.3, -0.25) is 9.59 Å². The zero-order valence-corrected chi connectivity index (χ0v) is 26.8. The Labute approximate surface area is 258 Å². The van der Waals surface area contributed by atoms with Gasteiger partial charge in [-0.2, -0.15) is 0 Å². The summed E-state index contributed by atoms with van der Waals surface area (Å²) in [5.41, 5.74) is -0.170. The van der Waals surface area contributed by atoms with E-state index in [0.717, 1.165) is 69.6 Å². The first kappa shape index (κ1) is 30.5. The maximum Gasteiger partial charge on any atom is 0.307 e. The number of carbonyl (C=O) groups excluding carboxylic acids is 2. The number of esters is 2. The van der Waals surface area contributed by atoms with E-state index in [9.17, 15) is 19.8 Å². The first-order valence-corrected chi connectivity index (χ1v) is 17.9. The van der Waals surface area contributed by atoms with Crippen LogP contribution >= 0.6 is 0 Å². The highest BCUT2D eigenvalue weighted by Crippen LogP contribution is 2.68. The highest BCUT2D eigenvalue weighted by molar-refractivity contribution is 5.69. The molecule has 0 aromatic rings. The van der Waals surface area contributed by atoms with E-state index in [1.165, 1.54) is 39.0 Å². The number of carbonyl (C=O) groups is 2. The van der Waals surface area contributed by atoms with Crippen LogP contribution < -0.4 is 0 Å². The summed E-state index contributed by atoms with van der Waals surface area (Å²) in [6.45, 7) is 6.23. The molecule has 8 aliphatic rings. The zero-order valence-electron chi connectivity index (χ0n) is 26.8. The summed E-state index contributed by atoms with van der Waals surface area (Å²) in [6.07, 6.45) is 14.4. The summed E-state index contributed by atoms with van der Waals surface area (Å²) in [6, 6.07) is 0. The predicted molar refractivity (Wildman–Crippen MR) is 160 cm³/mol.